The third-order valence-electron chi connectivity index (χ3n) is 3.78. The first-order valence-corrected chi connectivity index (χ1v) is 7.43. The summed E-state index contributed by atoms with van der Waals surface area (Å²) in [6.07, 6.45) is 3.36. The molecule has 2 amide bonds. The van der Waals surface area contributed by atoms with Gasteiger partial charge < -0.3 is 10.6 Å². The first kappa shape index (κ1) is 14.5. The Bertz CT molecular complexity index is 746. The lowest BCUT2D eigenvalue weighted by Crippen LogP contribution is -2.21. The minimum Gasteiger partial charge on any atom is -0.354 e. The van der Waals surface area contributed by atoms with Crippen molar-refractivity contribution in [2.45, 2.75) is 32.6 Å². The van der Waals surface area contributed by atoms with Crippen LogP contribution in [0.25, 0.3) is 5.65 Å². The van der Waals surface area contributed by atoms with E-state index >= 15 is 0 Å². The van der Waals surface area contributed by atoms with Gasteiger partial charge in [-0.2, -0.15) is 0 Å². The van der Waals surface area contributed by atoms with E-state index in [0.29, 0.717) is 17.2 Å². The fourth-order valence-electron chi connectivity index (χ4n) is 2.33. The second-order valence-electron chi connectivity index (χ2n) is 5.86. The van der Waals surface area contributed by atoms with Gasteiger partial charge in [-0.15, -0.1) is 5.10 Å². The molecule has 7 heteroatoms. The summed E-state index contributed by atoms with van der Waals surface area (Å²) in [6.45, 7) is 4.08. The molecule has 0 atom stereocenters. The SMILES string of the molecule is CNC(=O)c1cnc2c(C(C)C)cc(NC(=O)C3CC3)nn12. The molecule has 1 aliphatic carbocycles. The van der Waals surface area contributed by atoms with Crippen LogP contribution in [0.2, 0.25) is 0 Å². The maximum atomic E-state index is 11.9. The number of amides is 2. The van der Waals surface area contributed by atoms with Crippen molar-refractivity contribution in [1.82, 2.24) is 19.9 Å². The summed E-state index contributed by atoms with van der Waals surface area (Å²) in [4.78, 5) is 28.2. The van der Waals surface area contributed by atoms with Gasteiger partial charge in [-0.05, 0) is 24.8 Å². The number of hydrogen-bond acceptors (Lipinski definition) is 4. The Labute approximate surface area is 128 Å². The quantitative estimate of drug-likeness (QED) is 0.897. The summed E-state index contributed by atoms with van der Waals surface area (Å²) in [6, 6.07) is 1.83. The van der Waals surface area contributed by atoms with Crippen molar-refractivity contribution in [1.29, 1.82) is 0 Å². The van der Waals surface area contributed by atoms with Crippen LogP contribution in [0, 0.1) is 5.92 Å². The van der Waals surface area contributed by atoms with Crippen LogP contribution in [0.1, 0.15) is 48.7 Å². The van der Waals surface area contributed by atoms with Crippen LogP contribution in [-0.4, -0.2) is 33.5 Å². The van der Waals surface area contributed by atoms with Crippen molar-refractivity contribution < 1.29 is 9.59 Å². The van der Waals surface area contributed by atoms with E-state index < -0.39 is 0 Å². The molecule has 2 aromatic heterocycles. The molecule has 1 saturated carbocycles. The molecule has 0 radical (unpaired) electrons. The lowest BCUT2D eigenvalue weighted by Gasteiger charge is -2.11. The molecule has 1 fully saturated rings. The second-order valence-corrected chi connectivity index (χ2v) is 5.86. The summed E-state index contributed by atoms with van der Waals surface area (Å²) >= 11 is 0. The number of anilines is 1. The van der Waals surface area contributed by atoms with Crippen LogP contribution < -0.4 is 10.6 Å². The molecule has 0 aliphatic heterocycles. The average Bonchev–Trinajstić information content (AvgIpc) is 3.26. The molecule has 0 aromatic carbocycles. The molecule has 22 heavy (non-hydrogen) atoms. The Balaban J connectivity index is 2.08. The van der Waals surface area contributed by atoms with E-state index in [2.05, 4.69) is 20.7 Å². The molecule has 0 saturated heterocycles. The molecule has 0 bridgehead atoms. The Morgan fingerprint density at radius 2 is 2.09 bits per heavy atom. The molecular formula is C15H19N5O2. The summed E-state index contributed by atoms with van der Waals surface area (Å²) in [5.41, 5.74) is 1.93. The van der Waals surface area contributed by atoms with Crippen LogP contribution in [0.15, 0.2) is 12.3 Å². The summed E-state index contributed by atoms with van der Waals surface area (Å²) in [7, 11) is 1.56. The van der Waals surface area contributed by atoms with E-state index in [-0.39, 0.29) is 23.7 Å². The van der Waals surface area contributed by atoms with Crippen molar-refractivity contribution in [3.05, 3.63) is 23.5 Å². The van der Waals surface area contributed by atoms with Crippen molar-refractivity contribution in [3.63, 3.8) is 0 Å². The van der Waals surface area contributed by atoms with Crippen LogP contribution in [-0.2, 0) is 4.79 Å². The predicted molar refractivity (Wildman–Crippen MR) is 81.8 cm³/mol. The number of nitrogens with zero attached hydrogens (tertiary/aromatic N) is 3. The minimum atomic E-state index is -0.264. The Morgan fingerprint density at radius 1 is 1.36 bits per heavy atom. The average molecular weight is 301 g/mol. The molecular weight excluding hydrogens is 282 g/mol. The van der Waals surface area contributed by atoms with E-state index in [4.69, 9.17) is 0 Å². The third-order valence-corrected chi connectivity index (χ3v) is 3.78. The van der Waals surface area contributed by atoms with Crippen LogP contribution in [0.4, 0.5) is 5.82 Å². The van der Waals surface area contributed by atoms with Crippen molar-refractivity contribution in [2.75, 3.05) is 12.4 Å². The van der Waals surface area contributed by atoms with Crippen molar-refractivity contribution >= 4 is 23.3 Å². The molecule has 0 spiro atoms. The monoisotopic (exact) mass is 301 g/mol. The minimum absolute atomic E-state index is 0.0110. The Kier molecular flexibility index (Phi) is 3.56. The van der Waals surface area contributed by atoms with Gasteiger partial charge in [0, 0.05) is 18.5 Å². The highest BCUT2D eigenvalue weighted by Crippen LogP contribution is 2.30. The third kappa shape index (κ3) is 2.54. The predicted octanol–water partition coefficient (Wildman–Crippen LogP) is 1.56. The summed E-state index contributed by atoms with van der Waals surface area (Å²) in [5.74, 6) is 0.475. The molecule has 3 rings (SSSR count). The fourth-order valence-corrected chi connectivity index (χ4v) is 2.33. The first-order valence-electron chi connectivity index (χ1n) is 7.43. The maximum Gasteiger partial charge on any atom is 0.271 e. The molecule has 2 heterocycles. The van der Waals surface area contributed by atoms with E-state index in [1.165, 1.54) is 10.7 Å². The smallest absolute Gasteiger partial charge is 0.271 e. The molecule has 7 nitrogen and oxygen atoms in total. The lowest BCUT2D eigenvalue weighted by molar-refractivity contribution is -0.117. The standard InChI is InChI=1S/C15H19N5O2/c1-8(2)10-6-12(18-14(21)9-4-5-9)19-20-11(15(22)16-3)7-17-13(10)20/h6-9H,4-5H2,1-3H3,(H,16,22)(H,18,19,21). The molecule has 1 aliphatic rings. The van der Waals surface area contributed by atoms with Crippen molar-refractivity contribution in [3.8, 4) is 0 Å². The van der Waals surface area contributed by atoms with Gasteiger partial charge in [0.2, 0.25) is 5.91 Å². The van der Waals surface area contributed by atoms with Gasteiger partial charge in [-0.25, -0.2) is 9.50 Å². The van der Waals surface area contributed by atoms with Crippen LogP contribution >= 0.6 is 0 Å². The number of aromatic nitrogens is 3. The van der Waals surface area contributed by atoms with Crippen molar-refractivity contribution in [2.24, 2.45) is 5.92 Å². The zero-order valence-electron chi connectivity index (χ0n) is 12.9. The molecule has 0 unspecified atom stereocenters. The zero-order valence-corrected chi connectivity index (χ0v) is 12.9. The highest BCUT2D eigenvalue weighted by molar-refractivity contribution is 5.94. The van der Waals surface area contributed by atoms with Gasteiger partial charge in [0.25, 0.3) is 5.91 Å². The number of rotatable bonds is 4. The van der Waals surface area contributed by atoms with Crippen LogP contribution in [0.5, 0.6) is 0 Å². The zero-order chi connectivity index (χ0) is 15.9. The number of imidazole rings is 1. The Morgan fingerprint density at radius 3 is 2.68 bits per heavy atom. The Hall–Kier alpha value is -2.44. The maximum absolute atomic E-state index is 11.9. The van der Waals surface area contributed by atoms with Gasteiger partial charge >= 0.3 is 0 Å². The van der Waals surface area contributed by atoms with Gasteiger partial charge in [0.05, 0.1) is 6.20 Å². The van der Waals surface area contributed by atoms with Crippen LogP contribution in [0.3, 0.4) is 0 Å². The molecule has 2 aromatic rings. The van der Waals surface area contributed by atoms with Gasteiger partial charge in [-0.1, -0.05) is 13.8 Å². The number of fused-ring (bicyclic) bond motifs is 1. The van der Waals surface area contributed by atoms with Gasteiger partial charge in [0.1, 0.15) is 0 Å². The summed E-state index contributed by atoms with van der Waals surface area (Å²) in [5, 5.41) is 9.76. The van der Waals surface area contributed by atoms with E-state index in [1.54, 1.807) is 7.05 Å². The van der Waals surface area contributed by atoms with E-state index in [9.17, 15) is 9.59 Å². The number of hydrogen-bond donors (Lipinski definition) is 2. The number of carbonyl (C=O) groups is 2. The number of nitrogens with one attached hydrogen (secondary N) is 2. The topological polar surface area (TPSA) is 88.4 Å². The highest BCUT2D eigenvalue weighted by Gasteiger charge is 2.30. The normalized spacial score (nSPS) is 14.4. The van der Waals surface area contributed by atoms with Gasteiger partial charge in [0.15, 0.2) is 17.2 Å². The second kappa shape index (κ2) is 5.40. The largest absolute Gasteiger partial charge is 0.354 e. The fraction of sp³-hybridized carbons (Fsp3) is 0.467. The summed E-state index contributed by atoms with van der Waals surface area (Å²) < 4.78 is 1.50. The van der Waals surface area contributed by atoms with E-state index in [0.717, 1.165) is 18.4 Å². The highest BCUT2D eigenvalue weighted by atomic mass is 16.2. The lowest BCUT2D eigenvalue weighted by atomic mass is 10.1. The number of carbonyl (C=O) groups excluding carboxylic acids is 2. The molecule has 116 valence electrons. The first-order chi connectivity index (χ1) is 10.5. The molecule has 2 N–H and O–H groups in total. The van der Waals surface area contributed by atoms with Gasteiger partial charge in [-0.3, -0.25) is 9.59 Å². The van der Waals surface area contributed by atoms with E-state index in [1.807, 2.05) is 19.9 Å².